The summed E-state index contributed by atoms with van der Waals surface area (Å²) in [4.78, 5) is 2.08. The number of benzene rings is 2. The van der Waals surface area contributed by atoms with Crippen molar-refractivity contribution in [3.63, 3.8) is 0 Å². The minimum absolute atomic E-state index is 0.511. The van der Waals surface area contributed by atoms with Crippen molar-refractivity contribution in [1.29, 1.82) is 5.26 Å². The van der Waals surface area contributed by atoms with Crippen LogP contribution in [0.2, 0.25) is 0 Å². The second-order valence-electron chi connectivity index (χ2n) is 4.73. The van der Waals surface area contributed by atoms with E-state index in [2.05, 4.69) is 43.0 Å². The largest absolute Gasteiger partial charge is 0.398 e. The Bertz CT molecular complexity index is 654. The van der Waals surface area contributed by atoms with Crippen LogP contribution in [-0.4, -0.2) is 7.05 Å². The molecule has 0 heterocycles. The topological polar surface area (TPSA) is 53.0 Å². The summed E-state index contributed by atoms with van der Waals surface area (Å²) < 4.78 is 0. The number of rotatable bonds is 2. The van der Waals surface area contributed by atoms with Crippen molar-refractivity contribution in [3.05, 3.63) is 53.1 Å². The van der Waals surface area contributed by atoms with Gasteiger partial charge < -0.3 is 10.6 Å². The number of aryl methyl sites for hydroxylation is 2. The molecule has 2 aromatic carbocycles. The Morgan fingerprint density at radius 2 is 1.84 bits per heavy atom. The zero-order valence-electron chi connectivity index (χ0n) is 11.4. The normalized spacial score (nSPS) is 10.0. The second kappa shape index (κ2) is 5.03. The molecule has 2 aromatic rings. The van der Waals surface area contributed by atoms with Crippen molar-refractivity contribution in [2.75, 3.05) is 17.7 Å². The van der Waals surface area contributed by atoms with E-state index in [1.165, 1.54) is 11.1 Å². The van der Waals surface area contributed by atoms with Crippen molar-refractivity contribution >= 4 is 17.1 Å². The molecule has 2 N–H and O–H groups in total. The Morgan fingerprint density at radius 3 is 2.42 bits per heavy atom. The van der Waals surface area contributed by atoms with Crippen LogP contribution >= 0.6 is 0 Å². The molecule has 0 amide bonds. The summed E-state index contributed by atoms with van der Waals surface area (Å²) >= 11 is 0. The van der Waals surface area contributed by atoms with Crippen molar-refractivity contribution in [2.24, 2.45) is 0 Å². The van der Waals surface area contributed by atoms with Gasteiger partial charge in [0.1, 0.15) is 6.07 Å². The SMILES string of the molecule is Cc1ccc(N(C)c2ccc(C#N)c(N)c2)c(C)c1. The molecule has 0 spiro atoms. The lowest BCUT2D eigenvalue weighted by Crippen LogP contribution is -2.11. The van der Waals surface area contributed by atoms with Crippen LogP contribution in [0.15, 0.2) is 36.4 Å². The highest BCUT2D eigenvalue weighted by Crippen LogP contribution is 2.29. The van der Waals surface area contributed by atoms with Crippen molar-refractivity contribution < 1.29 is 0 Å². The zero-order chi connectivity index (χ0) is 14.0. The fraction of sp³-hybridized carbons (Fsp3) is 0.188. The van der Waals surface area contributed by atoms with Crippen LogP contribution in [0.25, 0.3) is 0 Å². The van der Waals surface area contributed by atoms with E-state index in [-0.39, 0.29) is 0 Å². The minimum atomic E-state index is 0.511. The highest BCUT2D eigenvalue weighted by atomic mass is 15.1. The third-order valence-electron chi connectivity index (χ3n) is 3.26. The molecular weight excluding hydrogens is 234 g/mol. The molecule has 0 radical (unpaired) electrons. The zero-order valence-corrected chi connectivity index (χ0v) is 11.4. The van der Waals surface area contributed by atoms with Crippen LogP contribution in [0.5, 0.6) is 0 Å². The number of nitriles is 1. The molecule has 19 heavy (non-hydrogen) atoms. The highest BCUT2D eigenvalue weighted by molar-refractivity contribution is 5.71. The van der Waals surface area contributed by atoms with E-state index in [1.807, 2.05) is 19.2 Å². The standard InChI is InChI=1S/C16H17N3/c1-11-4-7-16(12(2)8-11)19(3)14-6-5-13(10-17)15(18)9-14/h4-9H,18H2,1-3H3. The van der Waals surface area contributed by atoms with E-state index in [9.17, 15) is 0 Å². The molecule has 0 aliphatic carbocycles. The van der Waals surface area contributed by atoms with E-state index in [0.717, 1.165) is 11.4 Å². The quantitative estimate of drug-likeness (QED) is 0.831. The molecule has 0 saturated carbocycles. The van der Waals surface area contributed by atoms with Gasteiger partial charge in [-0.3, -0.25) is 0 Å². The van der Waals surface area contributed by atoms with Gasteiger partial charge in [-0.25, -0.2) is 0 Å². The molecule has 0 unspecified atom stereocenters. The molecule has 0 aliphatic rings. The number of hydrogen-bond donors (Lipinski definition) is 1. The molecule has 0 bridgehead atoms. The molecule has 2 rings (SSSR count). The van der Waals surface area contributed by atoms with Crippen LogP contribution in [0.1, 0.15) is 16.7 Å². The molecule has 0 fully saturated rings. The van der Waals surface area contributed by atoms with Gasteiger partial charge in [-0.05, 0) is 43.7 Å². The second-order valence-corrected chi connectivity index (χ2v) is 4.73. The van der Waals surface area contributed by atoms with Gasteiger partial charge in [0.05, 0.1) is 11.3 Å². The Balaban J connectivity index is 2.41. The van der Waals surface area contributed by atoms with Crippen molar-refractivity contribution in [1.82, 2.24) is 0 Å². The molecule has 0 atom stereocenters. The number of nitrogen functional groups attached to an aromatic ring is 1. The lowest BCUT2D eigenvalue weighted by Gasteiger charge is -2.22. The van der Waals surface area contributed by atoms with Crippen LogP contribution in [0.4, 0.5) is 17.1 Å². The maximum atomic E-state index is 8.90. The molecule has 0 aliphatic heterocycles. The average Bonchev–Trinajstić information content (AvgIpc) is 2.38. The fourth-order valence-corrected chi connectivity index (χ4v) is 2.18. The Labute approximate surface area is 113 Å². The summed E-state index contributed by atoms with van der Waals surface area (Å²) in [5, 5.41) is 8.90. The summed E-state index contributed by atoms with van der Waals surface area (Å²) in [6.07, 6.45) is 0. The lowest BCUT2D eigenvalue weighted by molar-refractivity contribution is 1.18. The summed E-state index contributed by atoms with van der Waals surface area (Å²) in [6, 6.07) is 13.9. The maximum absolute atomic E-state index is 8.90. The summed E-state index contributed by atoms with van der Waals surface area (Å²) in [7, 11) is 2.00. The van der Waals surface area contributed by atoms with Crippen molar-refractivity contribution in [3.8, 4) is 6.07 Å². The smallest absolute Gasteiger partial charge is 0.101 e. The summed E-state index contributed by atoms with van der Waals surface area (Å²) in [5.41, 5.74) is 11.5. The highest BCUT2D eigenvalue weighted by Gasteiger charge is 2.08. The lowest BCUT2D eigenvalue weighted by atomic mass is 10.1. The van der Waals surface area contributed by atoms with E-state index in [0.29, 0.717) is 11.3 Å². The first-order valence-corrected chi connectivity index (χ1v) is 6.13. The van der Waals surface area contributed by atoms with Crippen LogP contribution < -0.4 is 10.6 Å². The Kier molecular flexibility index (Phi) is 3.43. The first-order chi connectivity index (χ1) is 9.02. The monoisotopic (exact) mass is 251 g/mol. The van der Waals surface area contributed by atoms with Gasteiger partial charge in [0.15, 0.2) is 0 Å². The van der Waals surface area contributed by atoms with Crippen LogP contribution in [0, 0.1) is 25.2 Å². The van der Waals surface area contributed by atoms with Gasteiger partial charge in [0.2, 0.25) is 0 Å². The third kappa shape index (κ3) is 2.53. The molecule has 3 nitrogen and oxygen atoms in total. The molecule has 96 valence electrons. The van der Waals surface area contributed by atoms with E-state index in [4.69, 9.17) is 11.0 Å². The molecule has 0 saturated heterocycles. The van der Waals surface area contributed by atoms with E-state index < -0.39 is 0 Å². The minimum Gasteiger partial charge on any atom is -0.398 e. The average molecular weight is 251 g/mol. The van der Waals surface area contributed by atoms with Gasteiger partial charge in [-0.15, -0.1) is 0 Å². The number of hydrogen-bond acceptors (Lipinski definition) is 3. The van der Waals surface area contributed by atoms with Gasteiger partial charge in [-0.1, -0.05) is 17.7 Å². The van der Waals surface area contributed by atoms with Gasteiger partial charge >= 0.3 is 0 Å². The van der Waals surface area contributed by atoms with Gasteiger partial charge in [-0.2, -0.15) is 5.26 Å². The van der Waals surface area contributed by atoms with Crippen molar-refractivity contribution in [2.45, 2.75) is 13.8 Å². The van der Waals surface area contributed by atoms with Gasteiger partial charge in [0.25, 0.3) is 0 Å². The Morgan fingerprint density at radius 1 is 1.11 bits per heavy atom. The summed E-state index contributed by atoms with van der Waals surface area (Å²) in [6.45, 7) is 4.17. The number of nitrogens with two attached hydrogens (primary N) is 1. The molecule has 3 heteroatoms. The Hall–Kier alpha value is -2.47. The predicted molar refractivity (Wildman–Crippen MR) is 79.5 cm³/mol. The van der Waals surface area contributed by atoms with Gasteiger partial charge in [0, 0.05) is 18.4 Å². The first kappa shape index (κ1) is 13.0. The number of nitrogens with zero attached hydrogens (tertiary/aromatic N) is 2. The third-order valence-corrected chi connectivity index (χ3v) is 3.26. The molecule has 0 aromatic heterocycles. The number of anilines is 3. The first-order valence-electron chi connectivity index (χ1n) is 6.13. The fourth-order valence-electron chi connectivity index (χ4n) is 2.18. The van der Waals surface area contributed by atoms with E-state index >= 15 is 0 Å². The predicted octanol–water partition coefficient (Wildman–Crippen LogP) is 3.53. The van der Waals surface area contributed by atoms with E-state index in [1.54, 1.807) is 6.07 Å². The van der Waals surface area contributed by atoms with Crippen LogP contribution in [-0.2, 0) is 0 Å². The molecular formula is C16H17N3. The van der Waals surface area contributed by atoms with Crippen LogP contribution in [0.3, 0.4) is 0 Å². The maximum Gasteiger partial charge on any atom is 0.101 e. The summed E-state index contributed by atoms with van der Waals surface area (Å²) in [5.74, 6) is 0.